The molecule has 1 atom stereocenters. The number of benzene rings is 1. The minimum Gasteiger partial charge on any atom is -0.494 e. The van der Waals surface area contributed by atoms with Crippen molar-refractivity contribution < 1.29 is 9.47 Å². The first-order chi connectivity index (χ1) is 20.9. The molecule has 0 saturated carbocycles. The molecule has 0 aliphatic carbocycles. The highest BCUT2D eigenvalue weighted by Crippen LogP contribution is 2.39. The number of imidazole rings is 1. The van der Waals surface area contributed by atoms with Crippen LogP contribution in [-0.2, 0) is 18.2 Å². The quantitative estimate of drug-likeness (QED) is 0.220. The molecule has 1 aliphatic rings. The van der Waals surface area contributed by atoms with Gasteiger partial charge >= 0.3 is 0 Å². The number of ether oxygens (including phenoxy) is 2. The second-order valence-electron chi connectivity index (χ2n) is 11.0. The summed E-state index contributed by atoms with van der Waals surface area (Å²) in [5.41, 5.74) is 6.18. The first kappa shape index (κ1) is 28.2. The van der Waals surface area contributed by atoms with Crippen LogP contribution in [0, 0.1) is 13.5 Å². The average Bonchev–Trinajstić information content (AvgIpc) is 3.59. The Morgan fingerprint density at radius 1 is 1.12 bits per heavy atom. The molecule has 1 aromatic carbocycles. The van der Waals surface area contributed by atoms with Crippen LogP contribution in [0.1, 0.15) is 68.0 Å². The molecule has 0 bridgehead atoms. The van der Waals surface area contributed by atoms with E-state index in [1.807, 2.05) is 43.3 Å². The average molecular weight is 579 g/mol. The standard InChI is InChI=1S/C31H34N10O2/c1-18(2)22-14-13-20(34-29(22)32-4)16-21-17-25(27-31(35-21)41(19(3)33-27)26-12-7-8-15-43-26)36-24-11-9-10-23(28(24)42-6)30-37-39-40(5)38-30/h9-11,13-14,17-18,26H,7-8,12,15-16H2,1-3,5-6H3,(H,35,36). The summed E-state index contributed by atoms with van der Waals surface area (Å²) in [5, 5.41) is 16.1. The molecule has 1 aliphatic heterocycles. The van der Waals surface area contributed by atoms with Gasteiger partial charge in [-0.15, -0.1) is 15.2 Å². The Morgan fingerprint density at radius 2 is 1.98 bits per heavy atom. The summed E-state index contributed by atoms with van der Waals surface area (Å²) in [6.45, 7) is 14.5. The number of para-hydroxylation sites is 1. The molecule has 0 amide bonds. The lowest BCUT2D eigenvalue weighted by Gasteiger charge is -2.25. The van der Waals surface area contributed by atoms with Crippen LogP contribution in [-0.4, -0.2) is 53.4 Å². The summed E-state index contributed by atoms with van der Waals surface area (Å²) >= 11 is 0. The predicted octanol–water partition coefficient (Wildman–Crippen LogP) is 6.04. The minimum absolute atomic E-state index is 0.132. The van der Waals surface area contributed by atoms with Gasteiger partial charge in [0.25, 0.3) is 5.82 Å². The second kappa shape index (κ2) is 11.8. The molecule has 5 aromatic rings. The number of nitrogens with zero attached hydrogens (tertiary/aromatic N) is 9. The maximum atomic E-state index is 7.67. The highest BCUT2D eigenvalue weighted by molar-refractivity contribution is 5.90. The fourth-order valence-electron chi connectivity index (χ4n) is 5.57. The number of hydrogen-bond acceptors (Lipinski definition) is 9. The third-order valence-electron chi connectivity index (χ3n) is 7.61. The van der Waals surface area contributed by atoms with E-state index in [1.165, 1.54) is 4.80 Å². The largest absolute Gasteiger partial charge is 0.494 e. The second-order valence-corrected chi connectivity index (χ2v) is 11.0. The SMILES string of the molecule is [C-]#[N+]c1nc(Cc2cc(Nc3cccc(-c4nnn(C)n4)c3OC)c3nc(C)n(C4CCCCO4)c3n2)ccc1C(C)C. The van der Waals surface area contributed by atoms with E-state index < -0.39 is 0 Å². The van der Waals surface area contributed by atoms with Gasteiger partial charge in [0, 0.05) is 6.61 Å². The molecular formula is C31H34N10O2. The van der Waals surface area contributed by atoms with Gasteiger partial charge in [-0.2, -0.15) is 4.80 Å². The molecule has 12 heteroatoms. The Labute approximate surface area is 249 Å². The molecule has 220 valence electrons. The van der Waals surface area contributed by atoms with Gasteiger partial charge in [0.05, 0.1) is 43.2 Å². The summed E-state index contributed by atoms with van der Waals surface area (Å²) in [6, 6.07) is 11.7. The zero-order valence-corrected chi connectivity index (χ0v) is 25.0. The van der Waals surface area contributed by atoms with Gasteiger partial charge in [0.1, 0.15) is 23.3 Å². The predicted molar refractivity (Wildman–Crippen MR) is 163 cm³/mol. The minimum atomic E-state index is -0.132. The van der Waals surface area contributed by atoms with Gasteiger partial charge in [-0.05, 0) is 67.1 Å². The van der Waals surface area contributed by atoms with Gasteiger partial charge in [-0.1, -0.05) is 32.6 Å². The molecule has 6 rings (SSSR count). The van der Waals surface area contributed by atoms with Crippen LogP contribution in [0.2, 0.25) is 0 Å². The number of tetrazole rings is 1. The van der Waals surface area contributed by atoms with Crippen molar-refractivity contribution in [3.05, 3.63) is 70.6 Å². The molecule has 12 nitrogen and oxygen atoms in total. The summed E-state index contributed by atoms with van der Waals surface area (Å²) in [7, 11) is 3.34. The van der Waals surface area contributed by atoms with Crippen LogP contribution in [0.15, 0.2) is 36.4 Å². The Balaban J connectivity index is 1.47. The first-order valence-electron chi connectivity index (χ1n) is 14.4. The first-order valence-corrected chi connectivity index (χ1v) is 14.4. The van der Waals surface area contributed by atoms with Crippen LogP contribution in [0.25, 0.3) is 27.4 Å². The van der Waals surface area contributed by atoms with Crippen LogP contribution in [0.3, 0.4) is 0 Å². The third kappa shape index (κ3) is 5.51. The van der Waals surface area contributed by atoms with Crippen LogP contribution >= 0.6 is 0 Å². The molecule has 5 heterocycles. The van der Waals surface area contributed by atoms with Crippen molar-refractivity contribution in [2.24, 2.45) is 7.05 Å². The summed E-state index contributed by atoms with van der Waals surface area (Å²) in [6.07, 6.45) is 3.34. The lowest BCUT2D eigenvalue weighted by atomic mass is 10.0. The fourth-order valence-corrected chi connectivity index (χ4v) is 5.57. The molecule has 1 unspecified atom stereocenters. The maximum Gasteiger partial charge on any atom is 0.273 e. The van der Waals surface area contributed by atoms with Crippen LogP contribution in [0.4, 0.5) is 17.2 Å². The molecule has 1 N–H and O–H groups in total. The lowest BCUT2D eigenvalue weighted by molar-refractivity contribution is -0.0309. The summed E-state index contributed by atoms with van der Waals surface area (Å²) in [5.74, 6) is 2.52. The van der Waals surface area contributed by atoms with E-state index in [0.717, 1.165) is 64.6 Å². The van der Waals surface area contributed by atoms with Crippen molar-refractivity contribution >= 4 is 28.4 Å². The zero-order chi connectivity index (χ0) is 30.1. The summed E-state index contributed by atoms with van der Waals surface area (Å²) in [4.78, 5) is 19.8. The number of nitrogens with one attached hydrogen (secondary N) is 1. The summed E-state index contributed by atoms with van der Waals surface area (Å²) < 4.78 is 14.1. The van der Waals surface area contributed by atoms with E-state index in [2.05, 4.69) is 49.0 Å². The Morgan fingerprint density at radius 3 is 2.67 bits per heavy atom. The van der Waals surface area contributed by atoms with Crippen LogP contribution < -0.4 is 10.1 Å². The maximum absolute atomic E-state index is 7.67. The van der Waals surface area contributed by atoms with Crippen molar-refractivity contribution in [2.45, 2.75) is 58.6 Å². The highest BCUT2D eigenvalue weighted by atomic mass is 16.5. The lowest BCUT2D eigenvalue weighted by Crippen LogP contribution is -2.19. The van der Waals surface area contributed by atoms with E-state index >= 15 is 0 Å². The van der Waals surface area contributed by atoms with E-state index in [-0.39, 0.29) is 12.1 Å². The smallest absolute Gasteiger partial charge is 0.273 e. The van der Waals surface area contributed by atoms with E-state index in [9.17, 15) is 0 Å². The van der Waals surface area contributed by atoms with Crippen molar-refractivity contribution in [1.29, 1.82) is 0 Å². The Hall–Kier alpha value is -4.89. The molecule has 43 heavy (non-hydrogen) atoms. The monoisotopic (exact) mass is 578 g/mol. The van der Waals surface area contributed by atoms with Gasteiger partial charge < -0.3 is 19.6 Å². The van der Waals surface area contributed by atoms with E-state index in [0.29, 0.717) is 36.0 Å². The van der Waals surface area contributed by atoms with Crippen molar-refractivity contribution in [1.82, 2.24) is 39.7 Å². The number of aryl methyl sites for hydroxylation is 2. The van der Waals surface area contributed by atoms with Gasteiger partial charge in [-0.25, -0.2) is 9.97 Å². The van der Waals surface area contributed by atoms with Crippen molar-refractivity contribution in [3.63, 3.8) is 0 Å². The molecular weight excluding hydrogens is 544 g/mol. The molecule has 0 spiro atoms. The zero-order valence-electron chi connectivity index (χ0n) is 25.0. The topological polar surface area (TPSA) is 122 Å². The number of hydrogen-bond donors (Lipinski definition) is 1. The number of pyridine rings is 2. The number of fused-ring (bicyclic) bond motifs is 1. The number of anilines is 2. The van der Waals surface area contributed by atoms with Crippen molar-refractivity contribution in [3.8, 4) is 17.1 Å². The fraction of sp³-hybridized carbons (Fsp3) is 0.387. The van der Waals surface area contributed by atoms with Gasteiger partial charge in [0.2, 0.25) is 5.82 Å². The molecule has 1 saturated heterocycles. The van der Waals surface area contributed by atoms with Crippen LogP contribution in [0.5, 0.6) is 5.75 Å². The normalized spacial score (nSPS) is 15.1. The van der Waals surface area contributed by atoms with E-state index in [4.69, 9.17) is 26.0 Å². The van der Waals surface area contributed by atoms with Gasteiger partial charge in [-0.3, -0.25) is 4.57 Å². The number of rotatable bonds is 8. The van der Waals surface area contributed by atoms with Gasteiger partial charge in [0.15, 0.2) is 11.4 Å². The van der Waals surface area contributed by atoms with E-state index in [1.54, 1.807) is 14.2 Å². The Kier molecular flexibility index (Phi) is 7.73. The van der Waals surface area contributed by atoms with Crippen molar-refractivity contribution in [2.75, 3.05) is 19.0 Å². The molecule has 1 fully saturated rings. The highest BCUT2D eigenvalue weighted by Gasteiger charge is 2.25. The Bertz CT molecular complexity index is 1830. The molecule has 0 radical (unpaired) electrons. The number of aromatic nitrogens is 8. The number of methoxy groups -OCH3 is 1. The molecule has 4 aromatic heterocycles. The third-order valence-corrected chi connectivity index (χ3v) is 7.61.